The molecule has 2 fully saturated rings. The van der Waals surface area contributed by atoms with Crippen LogP contribution in [-0.2, 0) is 4.79 Å². The van der Waals surface area contributed by atoms with Crippen molar-refractivity contribution in [2.45, 2.75) is 71.4 Å². The largest absolute Gasteiger partial charge is 0.359 e. The highest BCUT2D eigenvalue weighted by Gasteiger charge is 2.28. The number of nitrogens with one attached hydrogen (secondary N) is 3. The van der Waals surface area contributed by atoms with E-state index in [-0.39, 0.29) is 29.9 Å². The quantitative estimate of drug-likeness (QED) is 0.311. The molecular formula is C19H38IN5O. The molecule has 0 bridgehead atoms. The second kappa shape index (κ2) is 11.3. The number of carbonyl (C=O) groups excluding carboxylic acids is 1. The van der Waals surface area contributed by atoms with Crippen LogP contribution in [-0.4, -0.2) is 62.1 Å². The summed E-state index contributed by atoms with van der Waals surface area (Å²) in [6.07, 6.45) is 7.91. The molecule has 0 spiro atoms. The van der Waals surface area contributed by atoms with E-state index < -0.39 is 5.41 Å². The number of rotatable bonds is 6. The Morgan fingerprint density at radius 2 is 1.77 bits per heavy atom. The normalized spacial score (nSPS) is 20.5. The molecule has 1 amide bonds. The number of hydrogen-bond donors (Lipinski definition) is 3. The van der Waals surface area contributed by atoms with E-state index >= 15 is 0 Å². The Morgan fingerprint density at radius 3 is 2.31 bits per heavy atom. The SMILES string of the molecule is CCNC(=NCC(C)(C)C(=O)NC)NC1CCN(C2CCCC2)CC1.I. The average Bonchev–Trinajstić information content (AvgIpc) is 3.14. The summed E-state index contributed by atoms with van der Waals surface area (Å²) in [5, 5.41) is 9.62. The maximum Gasteiger partial charge on any atom is 0.227 e. The maximum absolute atomic E-state index is 11.9. The topological polar surface area (TPSA) is 68.8 Å². The van der Waals surface area contributed by atoms with E-state index in [9.17, 15) is 4.79 Å². The zero-order valence-electron chi connectivity index (χ0n) is 16.9. The van der Waals surface area contributed by atoms with E-state index in [1.807, 2.05) is 13.8 Å². The van der Waals surface area contributed by atoms with Crippen LogP contribution in [0.3, 0.4) is 0 Å². The number of guanidine groups is 1. The first-order valence-corrected chi connectivity index (χ1v) is 9.97. The lowest BCUT2D eigenvalue weighted by Gasteiger charge is -2.36. The molecule has 6 nitrogen and oxygen atoms in total. The summed E-state index contributed by atoms with van der Waals surface area (Å²) in [4.78, 5) is 19.3. The van der Waals surface area contributed by atoms with Crippen LogP contribution in [0, 0.1) is 5.41 Å². The van der Waals surface area contributed by atoms with Crippen molar-refractivity contribution < 1.29 is 4.79 Å². The fraction of sp³-hybridized carbons (Fsp3) is 0.895. The van der Waals surface area contributed by atoms with E-state index in [0.29, 0.717) is 12.6 Å². The van der Waals surface area contributed by atoms with Gasteiger partial charge in [0, 0.05) is 38.8 Å². The predicted octanol–water partition coefficient (Wildman–Crippen LogP) is 2.34. The Labute approximate surface area is 176 Å². The third kappa shape index (κ3) is 6.87. The van der Waals surface area contributed by atoms with Crippen molar-refractivity contribution in [3.63, 3.8) is 0 Å². The minimum absolute atomic E-state index is 0. The Morgan fingerprint density at radius 1 is 1.15 bits per heavy atom. The van der Waals surface area contributed by atoms with Gasteiger partial charge in [0.25, 0.3) is 0 Å². The molecule has 0 unspecified atom stereocenters. The molecule has 1 aliphatic heterocycles. The molecular weight excluding hydrogens is 441 g/mol. The second-order valence-electron chi connectivity index (χ2n) is 8.05. The van der Waals surface area contributed by atoms with Crippen LogP contribution < -0.4 is 16.0 Å². The Bertz CT molecular complexity index is 455. The van der Waals surface area contributed by atoms with Crippen molar-refractivity contribution in [2.75, 3.05) is 33.2 Å². The van der Waals surface area contributed by atoms with Crippen LogP contribution in [0.15, 0.2) is 4.99 Å². The lowest BCUT2D eigenvalue weighted by Crippen LogP contribution is -2.50. The number of nitrogens with zero attached hydrogens (tertiary/aromatic N) is 2. The molecule has 2 aliphatic rings. The Kier molecular flexibility index (Phi) is 10.2. The first kappa shape index (κ1) is 23.5. The van der Waals surface area contributed by atoms with Crippen LogP contribution in [0.2, 0.25) is 0 Å². The third-order valence-corrected chi connectivity index (χ3v) is 5.53. The molecule has 0 aromatic rings. The van der Waals surface area contributed by atoms with Gasteiger partial charge in [-0.05, 0) is 46.5 Å². The predicted molar refractivity (Wildman–Crippen MR) is 119 cm³/mol. The molecule has 0 aromatic heterocycles. The smallest absolute Gasteiger partial charge is 0.227 e. The number of carbonyl (C=O) groups is 1. The minimum atomic E-state index is -0.497. The van der Waals surface area contributed by atoms with Crippen molar-refractivity contribution in [3.05, 3.63) is 0 Å². The van der Waals surface area contributed by atoms with Gasteiger partial charge in [0.15, 0.2) is 5.96 Å². The molecule has 1 saturated carbocycles. The van der Waals surface area contributed by atoms with Gasteiger partial charge in [0.2, 0.25) is 5.91 Å². The number of hydrogen-bond acceptors (Lipinski definition) is 3. The van der Waals surface area contributed by atoms with Crippen LogP contribution in [0.4, 0.5) is 0 Å². The minimum Gasteiger partial charge on any atom is -0.359 e. The van der Waals surface area contributed by atoms with E-state index in [1.54, 1.807) is 7.05 Å². The molecule has 0 atom stereocenters. The third-order valence-electron chi connectivity index (χ3n) is 5.53. The lowest BCUT2D eigenvalue weighted by atomic mass is 9.93. The van der Waals surface area contributed by atoms with Gasteiger partial charge in [-0.1, -0.05) is 12.8 Å². The van der Waals surface area contributed by atoms with E-state index in [1.165, 1.54) is 51.6 Å². The zero-order valence-corrected chi connectivity index (χ0v) is 19.3. The number of piperidine rings is 1. The highest BCUT2D eigenvalue weighted by molar-refractivity contribution is 14.0. The zero-order chi connectivity index (χ0) is 18.3. The highest BCUT2D eigenvalue weighted by atomic mass is 127. The number of likely N-dealkylation sites (tertiary alicyclic amines) is 1. The van der Waals surface area contributed by atoms with Gasteiger partial charge in [0.05, 0.1) is 12.0 Å². The summed E-state index contributed by atoms with van der Waals surface area (Å²) in [6.45, 7) is 9.61. The van der Waals surface area contributed by atoms with E-state index in [2.05, 4.69) is 32.8 Å². The molecule has 26 heavy (non-hydrogen) atoms. The Balaban J connectivity index is 0.00000338. The van der Waals surface area contributed by atoms with Crippen molar-refractivity contribution in [3.8, 4) is 0 Å². The monoisotopic (exact) mass is 479 g/mol. The summed E-state index contributed by atoms with van der Waals surface area (Å²) in [6, 6.07) is 1.30. The van der Waals surface area contributed by atoms with Crippen molar-refractivity contribution in [1.82, 2.24) is 20.9 Å². The summed E-state index contributed by atoms with van der Waals surface area (Å²) < 4.78 is 0. The van der Waals surface area contributed by atoms with Gasteiger partial charge < -0.3 is 20.9 Å². The van der Waals surface area contributed by atoms with Crippen LogP contribution in [0.25, 0.3) is 0 Å². The molecule has 1 heterocycles. The van der Waals surface area contributed by atoms with Gasteiger partial charge >= 0.3 is 0 Å². The molecule has 1 aliphatic carbocycles. The van der Waals surface area contributed by atoms with E-state index in [0.717, 1.165) is 18.5 Å². The summed E-state index contributed by atoms with van der Waals surface area (Å²) in [5.74, 6) is 0.857. The molecule has 0 radical (unpaired) electrons. The number of aliphatic imine (C=N–C) groups is 1. The fourth-order valence-corrected chi connectivity index (χ4v) is 3.88. The van der Waals surface area contributed by atoms with Gasteiger partial charge in [-0.3, -0.25) is 9.79 Å². The lowest BCUT2D eigenvalue weighted by molar-refractivity contribution is -0.128. The first-order chi connectivity index (χ1) is 12.0. The van der Waals surface area contributed by atoms with Crippen LogP contribution >= 0.6 is 24.0 Å². The molecule has 3 N–H and O–H groups in total. The van der Waals surface area contributed by atoms with Crippen molar-refractivity contribution >= 4 is 35.8 Å². The highest BCUT2D eigenvalue weighted by Crippen LogP contribution is 2.26. The molecule has 7 heteroatoms. The van der Waals surface area contributed by atoms with E-state index in [4.69, 9.17) is 0 Å². The van der Waals surface area contributed by atoms with Crippen LogP contribution in [0.5, 0.6) is 0 Å². The number of amides is 1. The Hall–Kier alpha value is -0.570. The van der Waals surface area contributed by atoms with Gasteiger partial charge in [-0.2, -0.15) is 0 Å². The van der Waals surface area contributed by atoms with Gasteiger partial charge in [0.1, 0.15) is 0 Å². The molecule has 2 rings (SSSR count). The fourth-order valence-electron chi connectivity index (χ4n) is 3.88. The first-order valence-electron chi connectivity index (χ1n) is 9.97. The molecule has 152 valence electrons. The summed E-state index contributed by atoms with van der Waals surface area (Å²) in [7, 11) is 1.68. The molecule has 0 aromatic carbocycles. The van der Waals surface area contributed by atoms with Gasteiger partial charge in [-0.25, -0.2) is 0 Å². The van der Waals surface area contributed by atoms with Gasteiger partial charge in [-0.15, -0.1) is 24.0 Å². The maximum atomic E-state index is 11.9. The van der Waals surface area contributed by atoms with Crippen molar-refractivity contribution in [1.29, 1.82) is 0 Å². The summed E-state index contributed by atoms with van der Waals surface area (Å²) >= 11 is 0. The number of halogens is 1. The standard InChI is InChI=1S/C19H37N5O.HI/c1-5-21-18(22-14-19(2,3)17(25)20-4)23-15-10-12-24(13-11-15)16-8-6-7-9-16;/h15-16H,5-14H2,1-4H3,(H,20,25)(H2,21,22,23);1H. The average molecular weight is 479 g/mol. The van der Waals surface area contributed by atoms with Crippen molar-refractivity contribution in [2.24, 2.45) is 10.4 Å². The molecule has 1 saturated heterocycles. The summed E-state index contributed by atoms with van der Waals surface area (Å²) in [5.41, 5.74) is -0.497. The second-order valence-corrected chi connectivity index (χ2v) is 8.05. The van der Waals surface area contributed by atoms with Crippen LogP contribution in [0.1, 0.15) is 59.3 Å².